The number of Topliss-reactive ketones (excluding diaryl/α,β-unsaturated/α-hetero) is 1. The number of ether oxygens (including phenoxy) is 1. The van der Waals surface area contributed by atoms with E-state index in [9.17, 15) is 9.90 Å². The van der Waals surface area contributed by atoms with Crippen molar-refractivity contribution >= 4 is 11.9 Å². The number of carbonyl (C=O) groups excluding carboxylic acids is 1. The van der Waals surface area contributed by atoms with E-state index < -0.39 is 0 Å². The lowest BCUT2D eigenvalue weighted by molar-refractivity contribution is -0.899. The number of allylic oxidation sites excluding steroid dienone is 1. The van der Waals surface area contributed by atoms with Crippen LogP contribution in [-0.4, -0.2) is 24.0 Å². The zero-order valence-corrected chi connectivity index (χ0v) is 14.8. The van der Waals surface area contributed by atoms with E-state index in [4.69, 9.17) is 15.3 Å². The maximum Gasteiger partial charge on any atom is 0.231 e. The van der Waals surface area contributed by atoms with E-state index in [0.717, 1.165) is 11.1 Å². The van der Waals surface area contributed by atoms with Crippen LogP contribution >= 0.6 is 0 Å². The SMILES string of the molecule is Cc1ccccc1/C=C1\Oc2c(ccc(O)c2C[NH+](CC#N)CC#N)C1=O. The van der Waals surface area contributed by atoms with E-state index in [1.165, 1.54) is 12.1 Å². The summed E-state index contributed by atoms with van der Waals surface area (Å²) in [7, 11) is 0. The number of rotatable bonds is 5. The van der Waals surface area contributed by atoms with Gasteiger partial charge in [0.1, 0.15) is 24.4 Å². The van der Waals surface area contributed by atoms with Gasteiger partial charge in [-0.3, -0.25) is 4.79 Å². The van der Waals surface area contributed by atoms with Crippen molar-refractivity contribution in [2.24, 2.45) is 0 Å². The fourth-order valence-corrected chi connectivity index (χ4v) is 3.02. The molecule has 2 N–H and O–H groups in total. The summed E-state index contributed by atoms with van der Waals surface area (Å²) in [6.07, 6.45) is 1.69. The Labute approximate surface area is 157 Å². The van der Waals surface area contributed by atoms with Crippen LogP contribution in [0.2, 0.25) is 0 Å². The number of hydrogen-bond acceptors (Lipinski definition) is 5. The van der Waals surface area contributed by atoms with Crippen LogP contribution < -0.4 is 9.64 Å². The maximum atomic E-state index is 12.7. The van der Waals surface area contributed by atoms with Crippen LogP contribution in [0.3, 0.4) is 0 Å². The highest BCUT2D eigenvalue weighted by Gasteiger charge is 2.32. The number of aromatic hydroxyl groups is 1. The van der Waals surface area contributed by atoms with Crippen LogP contribution in [0, 0.1) is 29.6 Å². The van der Waals surface area contributed by atoms with Gasteiger partial charge in [0.05, 0.1) is 11.1 Å². The molecule has 1 heterocycles. The minimum atomic E-state index is -0.253. The monoisotopic (exact) mass is 360 g/mol. The fourth-order valence-electron chi connectivity index (χ4n) is 3.02. The summed E-state index contributed by atoms with van der Waals surface area (Å²) in [5.74, 6) is 0.213. The van der Waals surface area contributed by atoms with Gasteiger partial charge in [-0.25, -0.2) is 0 Å². The highest BCUT2D eigenvalue weighted by atomic mass is 16.5. The summed E-state index contributed by atoms with van der Waals surface area (Å²) in [5.41, 5.74) is 2.69. The zero-order valence-electron chi connectivity index (χ0n) is 14.8. The standard InChI is InChI=1S/C21H17N3O3/c1-14-4-2-3-5-15(14)12-19-20(26)16-6-7-18(25)17(21(16)27-19)13-24(10-8-22)11-9-23/h2-7,12,25H,10-11,13H2,1H3/p+1/b19-12-. The number of fused-ring (bicyclic) bond motifs is 1. The number of ketones is 1. The molecule has 0 fully saturated rings. The molecule has 0 atom stereocenters. The summed E-state index contributed by atoms with van der Waals surface area (Å²) in [4.78, 5) is 13.4. The first-order valence-electron chi connectivity index (χ1n) is 8.47. The van der Waals surface area contributed by atoms with Gasteiger partial charge in [0.2, 0.25) is 5.78 Å². The van der Waals surface area contributed by atoms with Gasteiger partial charge in [-0.15, -0.1) is 0 Å². The molecule has 27 heavy (non-hydrogen) atoms. The fraction of sp³-hybridized carbons (Fsp3) is 0.190. The van der Waals surface area contributed by atoms with E-state index in [0.29, 0.717) is 21.8 Å². The lowest BCUT2D eigenvalue weighted by Gasteiger charge is -2.15. The molecular formula is C21H18N3O3+. The number of quaternary nitrogens is 1. The van der Waals surface area contributed by atoms with E-state index in [1.54, 1.807) is 6.08 Å². The third-order valence-corrected chi connectivity index (χ3v) is 4.48. The quantitative estimate of drug-likeness (QED) is 0.625. The predicted octanol–water partition coefficient (Wildman–Crippen LogP) is 1.75. The zero-order chi connectivity index (χ0) is 19.4. The Morgan fingerprint density at radius 1 is 1.15 bits per heavy atom. The first-order valence-corrected chi connectivity index (χ1v) is 8.47. The Morgan fingerprint density at radius 2 is 1.85 bits per heavy atom. The van der Waals surface area contributed by atoms with Crippen LogP contribution in [0.1, 0.15) is 27.0 Å². The van der Waals surface area contributed by atoms with Gasteiger partial charge < -0.3 is 14.7 Å². The summed E-state index contributed by atoms with van der Waals surface area (Å²) < 4.78 is 5.82. The Kier molecular flexibility index (Phi) is 5.21. The van der Waals surface area contributed by atoms with Crippen molar-refractivity contribution in [3.8, 4) is 23.6 Å². The van der Waals surface area contributed by atoms with Crippen molar-refractivity contribution in [2.45, 2.75) is 13.5 Å². The molecule has 0 aromatic heterocycles. The number of carbonyl (C=O) groups is 1. The predicted molar refractivity (Wildman–Crippen MR) is 97.8 cm³/mol. The van der Waals surface area contributed by atoms with Crippen molar-refractivity contribution in [1.82, 2.24) is 0 Å². The number of nitrogens with one attached hydrogen (secondary N) is 1. The first-order chi connectivity index (χ1) is 13.0. The van der Waals surface area contributed by atoms with Crippen molar-refractivity contribution < 1.29 is 19.5 Å². The number of benzene rings is 2. The number of nitriles is 2. The lowest BCUT2D eigenvalue weighted by Crippen LogP contribution is -3.10. The van der Waals surface area contributed by atoms with E-state index in [-0.39, 0.29) is 36.9 Å². The van der Waals surface area contributed by atoms with Crippen molar-refractivity contribution in [2.75, 3.05) is 13.1 Å². The topological polar surface area (TPSA) is 98.5 Å². The van der Waals surface area contributed by atoms with Gasteiger partial charge >= 0.3 is 0 Å². The molecule has 6 nitrogen and oxygen atoms in total. The van der Waals surface area contributed by atoms with Crippen LogP contribution in [0.25, 0.3) is 6.08 Å². The van der Waals surface area contributed by atoms with E-state index in [2.05, 4.69) is 0 Å². The average molecular weight is 360 g/mol. The Hall–Kier alpha value is -3.61. The van der Waals surface area contributed by atoms with Gasteiger partial charge in [-0.05, 0) is 36.3 Å². The summed E-state index contributed by atoms with van der Waals surface area (Å²) in [5, 5.41) is 28.2. The highest BCUT2D eigenvalue weighted by Crippen LogP contribution is 2.39. The number of nitrogens with zero attached hydrogens (tertiary/aromatic N) is 2. The Morgan fingerprint density at radius 3 is 2.52 bits per heavy atom. The lowest BCUT2D eigenvalue weighted by atomic mass is 10.0. The first kappa shape index (κ1) is 18.2. The number of phenols is 1. The van der Waals surface area contributed by atoms with Crippen LogP contribution in [0.5, 0.6) is 11.5 Å². The normalized spacial score (nSPS) is 13.9. The van der Waals surface area contributed by atoms with Crippen LogP contribution in [-0.2, 0) is 6.54 Å². The van der Waals surface area contributed by atoms with Gasteiger partial charge in [-0.2, -0.15) is 10.5 Å². The second kappa shape index (κ2) is 7.74. The number of hydrogen-bond donors (Lipinski definition) is 2. The Bertz CT molecular complexity index is 996. The van der Waals surface area contributed by atoms with Crippen molar-refractivity contribution in [3.63, 3.8) is 0 Å². The average Bonchev–Trinajstić information content (AvgIpc) is 2.96. The summed E-state index contributed by atoms with van der Waals surface area (Å²) in [6.45, 7) is 2.37. The van der Waals surface area contributed by atoms with Gasteiger partial charge in [0.25, 0.3) is 0 Å². The molecule has 2 aromatic carbocycles. The molecular weight excluding hydrogens is 342 g/mol. The maximum absolute atomic E-state index is 12.7. The third-order valence-electron chi connectivity index (χ3n) is 4.48. The molecule has 134 valence electrons. The van der Waals surface area contributed by atoms with Gasteiger partial charge in [0, 0.05) is 0 Å². The summed E-state index contributed by atoms with van der Waals surface area (Å²) in [6, 6.07) is 14.7. The minimum Gasteiger partial charge on any atom is -0.507 e. The molecule has 0 unspecified atom stereocenters. The molecule has 2 aromatic rings. The largest absolute Gasteiger partial charge is 0.507 e. The summed E-state index contributed by atoms with van der Waals surface area (Å²) >= 11 is 0. The molecule has 0 amide bonds. The molecule has 1 aliphatic rings. The van der Waals surface area contributed by atoms with Crippen molar-refractivity contribution in [1.29, 1.82) is 10.5 Å². The molecule has 0 bridgehead atoms. The smallest absolute Gasteiger partial charge is 0.231 e. The van der Waals surface area contributed by atoms with Crippen molar-refractivity contribution in [3.05, 3.63) is 64.4 Å². The van der Waals surface area contributed by atoms with Gasteiger partial charge in [-0.1, -0.05) is 24.3 Å². The minimum absolute atomic E-state index is 0.0212. The molecule has 6 heteroatoms. The second-order valence-corrected chi connectivity index (χ2v) is 6.33. The molecule has 0 aliphatic carbocycles. The molecule has 0 saturated carbocycles. The Balaban J connectivity index is 1.98. The van der Waals surface area contributed by atoms with Crippen LogP contribution in [0.15, 0.2) is 42.2 Å². The molecule has 3 rings (SSSR count). The second-order valence-electron chi connectivity index (χ2n) is 6.33. The molecule has 0 radical (unpaired) electrons. The molecule has 1 aliphatic heterocycles. The number of phenolic OH excluding ortho intramolecular Hbond substituents is 1. The highest BCUT2D eigenvalue weighted by molar-refractivity contribution is 6.15. The van der Waals surface area contributed by atoms with Crippen LogP contribution in [0.4, 0.5) is 0 Å². The molecule has 0 saturated heterocycles. The third kappa shape index (κ3) is 3.67. The van der Waals surface area contributed by atoms with Gasteiger partial charge in [0.15, 0.2) is 24.6 Å². The van der Waals surface area contributed by atoms with E-state index in [1.807, 2.05) is 43.3 Å². The number of aryl methyl sites for hydroxylation is 1. The van der Waals surface area contributed by atoms with E-state index >= 15 is 0 Å². The molecule has 0 spiro atoms.